The summed E-state index contributed by atoms with van der Waals surface area (Å²) in [6, 6.07) is 31.7. The van der Waals surface area contributed by atoms with E-state index in [2.05, 4.69) is 90.8 Å². The summed E-state index contributed by atoms with van der Waals surface area (Å²) in [5.41, 5.74) is 8.22. The highest BCUT2D eigenvalue weighted by Crippen LogP contribution is 2.29. The van der Waals surface area contributed by atoms with Crippen LogP contribution in [0, 0.1) is 6.92 Å². The molecule has 0 amide bonds. The number of hydrogen-bond donors (Lipinski definition) is 0. The summed E-state index contributed by atoms with van der Waals surface area (Å²) in [6.07, 6.45) is 1.97. The van der Waals surface area contributed by atoms with Crippen molar-refractivity contribution in [3.05, 3.63) is 103 Å². The maximum absolute atomic E-state index is 4.67. The Bertz CT molecular complexity index is 989. The van der Waals surface area contributed by atoms with Gasteiger partial charge in [0, 0.05) is 11.8 Å². The molecule has 1 heterocycles. The van der Waals surface area contributed by atoms with Crippen molar-refractivity contribution >= 4 is 0 Å². The molecule has 0 aliphatic carbocycles. The summed E-state index contributed by atoms with van der Waals surface area (Å²) in [5.74, 6) is 0. The summed E-state index contributed by atoms with van der Waals surface area (Å²) < 4.78 is 0. The van der Waals surface area contributed by atoms with Crippen LogP contribution in [0.15, 0.2) is 97.2 Å². The molecule has 0 radical (unpaired) electrons. The van der Waals surface area contributed by atoms with Gasteiger partial charge in [-0.25, -0.2) is 0 Å². The summed E-state index contributed by atoms with van der Waals surface area (Å²) in [6.45, 7) is 2.11. The average molecular weight is 321 g/mol. The van der Waals surface area contributed by atoms with Crippen LogP contribution in [0.3, 0.4) is 0 Å². The predicted molar refractivity (Wildman–Crippen MR) is 105 cm³/mol. The van der Waals surface area contributed by atoms with Crippen LogP contribution in [0.25, 0.3) is 33.5 Å². The first-order chi connectivity index (χ1) is 12.3. The fourth-order valence-corrected chi connectivity index (χ4v) is 3.10. The van der Waals surface area contributed by atoms with E-state index in [4.69, 9.17) is 0 Å². The van der Waals surface area contributed by atoms with Gasteiger partial charge in [0.25, 0.3) is 0 Å². The van der Waals surface area contributed by atoms with Crippen molar-refractivity contribution in [2.24, 2.45) is 0 Å². The predicted octanol–water partition coefficient (Wildman–Crippen LogP) is 6.39. The van der Waals surface area contributed by atoms with Crippen LogP contribution in [-0.4, -0.2) is 4.98 Å². The zero-order valence-corrected chi connectivity index (χ0v) is 14.2. The number of rotatable bonds is 3. The third-order valence-electron chi connectivity index (χ3n) is 4.45. The van der Waals surface area contributed by atoms with E-state index in [1.54, 1.807) is 0 Å². The summed E-state index contributed by atoms with van der Waals surface area (Å²) in [7, 11) is 0. The molecule has 0 fully saturated rings. The lowest BCUT2D eigenvalue weighted by Gasteiger charge is -2.10. The molecule has 1 heteroatoms. The van der Waals surface area contributed by atoms with Crippen LogP contribution >= 0.6 is 0 Å². The second-order valence-electron chi connectivity index (χ2n) is 6.20. The zero-order valence-electron chi connectivity index (χ0n) is 14.2. The van der Waals surface area contributed by atoms with E-state index in [1.165, 1.54) is 27.8 Å². The first-order valence-electron chi connectivity index (χ1n) is 8.49. The molecule has 25 heavy (non-hydrogen) atoms. The maximum atomic E-state index is 4.67. The monoisotopic (exact) mass is 321 g/mol. The van der Waals surface area contributed by atoms with E-state index in [9.17, 15) is 0 Å². The molecule has 0 aliphatic rings. The summed E-state index contributed by atoms with van der Waals surface area (Å²) in [5, 5.41) is 0. The highest BCUT2D eigenvalue weighted by Gasteiger charge is 2.07. The SMILES string of the molecule is Cc1cnc(-c2cccc(-c3ccccc3)c2)cc1-c1ccccc1. The first kappa shape index (κ1) is 15.3. The Kier molecular flexibility index (Phi) is 4.14. The standard InChI is InChI=1S/C24H19N/c1-18-17-25-24(16-23(18)20-11-6-3-7-12-20)22-14-8-13-21(15-22)19-9-4-2-5-10-19/h2-17H,1H3. The van der Waals surface area contributed by atoms with Gasteiger partial charge in [-0.2, -0.15) is 0 Å². The molecule has 0 atom stereocenters. The largest absolute Gasteiger partial charge is 0.256 e. The molecule has 1 aromatic heterocycles. The van der Waals surface area contributed by atoms with Crippen molar-refractivity contribution in [2.75, 3.05) is 0 Å². The number of pyridine rings is 1. The van der Waals surface area contributed by atoms with Crippen LogP contribution in [0.1, 0.15) is 5.56 Å². The third-order valence-corrected chi connectivity index (χ3v) is 4.45. The Morgan fingerprint density at radius 2 is 1.16 bits per heavy atom. The fraction of sp³-hybridized carbons (Fsp3) is 0.0417. The van der Waals surface area contributed by atoms with Crippen LogP contribution in [0.5, 0.6) is 0 Å². The average Bonchev–Trinajstić information content (AvgIpc) is 2.70. The minimum Gasteiger partial charge on any atom is -0.256 e. The molecule has 0 spiro atoms. The van der Waals surface area contributed by atoms with Gasteiger partial charge in [0.05, 0.1) is 5.69 Å². The smallest absolute Gasteiger partial charge is 0.0708 e. The third kappa shape index (κ3) is 3.22. The normalized spacial score (nSPS) is 10.6. The van der Waals surface area contributed by atoms with Crippen molar-refractivity contribution in [3.63, 3.8) is 0 Å². The lowest BCUT2D eigenvalue weighted by Crippen LogP contribution is -1.90. The molecule has 0 saturated carbocycles. The van der Waals surface area contributed by atoms with Crippen molar-refractivity contribution in [1.29, 1.82) is 0 Å². The van der Waals surface area contributed by atoms with E-state index in [-0.39, 0.29) is 0 Å². The highest BCUT2D eigenvalue weighted by molar-refractivity contribution is 5.76. The topological polar surface area (TPSA) is 12.9 Å². The molecule has 3 aromatic carbocycles. The molecular formula is C24H19N. The molecule has 1 nitrogen and oxygen atoms in total. The van der Waals surface area contributed by atoms with Gasteiger partial charge in [-0.1, -0.05) is 78.9 Å². The fourth-order valence-electron chi connectivity index (χ4n) is 3.10. The Morgan fingerprint density at radius 3 is 1.88 bits per heavy atom. The van der Waals surface area contributed by atoms with Crippen LogP contribution < -0.4 is 0 Å². The number of aromatic nitrogens is 1. The van der Waals surface area contributed by atoms with Crippen molar-refractivity contribution in [3.8, 4) is 33.5 Å². The number of aryl methyl sites for hydroxylation is 1. The lowest BCUT2D eigenvalue weighted by atomic mass is 9.98. The molecular weight excluding hydrogens is 302 g/mol. The van der Waals surface area contributed by atoms with Gasteiger partial charge in [-0.3, -0.25) is 4.98 Å². The molecule has 120 valence electrons. The summed E-state index contributed by atoms with van der Waals surface area (Å²) >= 11 is 0. The number of nitrogens with zero attached hydrogens (tertiary/aromatic N) is 1. The van der Waals surface area contributed by atoms with Gasteiger partial charge in [0.2, 0.25) is 0 Å². The highest BCUT2D eigenvalue weighted by atomic mass is 14.7. The molecule has 4 aromatic rings. The van der Waals surface area contributed by atoms with Gasteiger partial charge in [0.1, 0.15) is 0 Å². The maximum Gasteiger partial charge on any atom is 0.0708 e. The lowest BCUT2D eigenvalue weighted by molar-refractivity contribution is 1.27. The molecule has 0 N–H and O–H groups in total. The molecule has 4 rings (SSSR count). The zero-order chi connectivity index (χ0) is 17.1. The second-order valence-corrected chi connectivity index (χ2v) is 6.20. The Hall–Kier alpha value is -3.19. The Labute approximate surface area is 148 Å². The van der Waals surface area contributed by atoms with E-state index in [1.807, 2.05) is 18.3 Å². The van der Waals surface area contributed by atoms with Gasteiger partial charge < -0.3 is 0 Å². The second kappa shape index (κ2) is 6.74. The van der Waals surface area contributed by atoms with Gasteiger partial charge in [-0.05, 0) is 46.9 Å². The van der Waals surface area contributed by atoms with Gasteiger partial charge in [0.15, 0.2) is 0 Å². The van der Waals surface area contributed by atoms with Crippen molar-refractivity contribution in [1.82, 2.24) is 4.98 Å². The minimum atomic E-state index is 1.00. The first-order valence-corrected chi connectivity index (χ1v) is 8.49. The van der Waals surface area contributed by atoms with Crippen LogP contribution in [0.4, 0.5) is 0 Å². The minimum absolute atomic E-state index is 1.00. The van der Waals surface area contributed by atoms with E-state index in [0.29, 0.717) is 0 Å². The molecule has 0 aliphatic heterocycles. The molecule has 0 bridgehead atoms. The van der Waals surface area contributed by atoms with Crippen molar-refractivity contribution < 1.29 is 0 Å². The van der Waals surface area contributed by atoms with Crippen LogP contribution in [-0.2, 0) is 0 Å². The van der Waals surface area contributed by atoms with Crippen LogP contribution in [0.2, 0.25) is 0 Å². The molecule has 0 unspecified atom stereocenters. The summed E-state index contributed by atoms with van der Waals surface area (Å²) in [4.78, 5) is 4.67. The van der Waals surface area contributed by atoms with E-state index in [0.717, 1.165) is 11.3 Å². The molecule has 0 saturated heterocycles. The number of benzene rings is 3. The Balaban J connectivity index is 1.78. The Morgan fingerprint density at radius 1 is 0.560 bits per heavy atom. The number of hydrogen-bond acceptors (Lipinski definition) is 1. The van der Waals surface area contributed by atoms with E-state index >= 15 is 0 Å². The quantitative estimate of drug-likeness (QED) is 0.426. The van der Waals surface area contributed by atoms with E-state index < -0.39 is 0 Å². The van der Waals surface area contributed by atoms with Gasteiger partial charge >= 0.3 is 0 Å². The van der Waals surface area contributed by atoms with Crippen molar-refractivity contribution in [2.45, 2.75) is 6.92 Å². The van der Waals surface area contributed by atoms with Gasteiger partial charge in [-0.15, -0.1) is 0 Å².